The lowest BCUT2D eigenvalue weighted by molar-refractivity contribution is 0.392. The Kier molecular flexibility index (Phi) is 5.52. The van der Waals surface area contributed by atoms with Crippen LogP contribution in [0.4, 0.5) is 0 Å². The molecule has 4 heteroatoms. The SMILES string of the molecule is CCCCN1CCS/C1=C\C=C\C1=NCCS1. The van der Waals surface area contributed by atoms with Crippen molar-refractivity contribution in [3.05, 3.63) is 23.3 Å². The van der Waals surface area contributed by atoms with Gasteiger partial charge in [0.05, 0.1) is 10.1 Å². The summed E-state index contributed by atoms with van der Waals surface area (Å²) in [4.78, 5) is 6.91. The molecule has 2 aliphatic heterocycles. The summed E-state index contributed by atoms with van der Waals surface area (Å²) in [5.74, 6) is 2.38. The predicted octanol–water partition coefficient (Wildman–Crippen LogP) is 3.38. The van der Waals surface area contributed by atoms with Crippen molar-refractivity contribution in [3.63, 3.8) is 0 Å². The van der Waals surface area contributed by atoms with Gasteiger partial charge in [-0.1, -0.05) is 19.4 Å². The Morgan fingerprint density at radius 2 is 2.29 bits per heavy atom. The first kappa shape index (κ1) is 13.1. The largest absolute Gasteiger partial charge is 0.366 e. The monoisotopic (exact) mass is 268 g/mol. The number of aliphatic imine (C=N–C) groups is 1. The molecule has 0 radical (unpaired) electrons. The molecule has 0 N–H and O–H groups in total. The van der Waals surface area contributed by atoms with Crippen LogP contribution in [0, 0.1) is 0 Å². The second-order valence-electron chi connectivity index (χ2n) is 4.12. The van der Waals surface area contributed by atoms with Crippen LogP contribution < -0.4 is 0 Å². The van der Waals surface area contributed by atoms with Gasteiger partial charge in [0.15, 0.2) is 0 Å². The van der Waals surface area contributed by atoms with E-state index in [1.165, 1.54) is 41.8 Å². The molecule has 1 fully saturated rings. The Bertz CT molecular complexity index is 334. The van der Waals surface area contributed by atoms with Gasteiger partial charge < -0.3 is 4.90 Å². The second-order valence-corrected chi connectivity index (χ2v) is 6.35. The van der Waals surface area contributed by atoms with Gasteiger partial charge in [-0.05, 0) is 18.6 Å². The summed E-state index contributed by atoms with van der Waals surface area (Å²) in [5.41, 5.74) is 0. The zero-order chi connectivity index (χ0) is 11.9. The van der Waals surface area contributed by atoms with Crippen LogP contribution in [0.1, 0.15) is 19.8 Å². The fourth-order valence-electron chi connectivity index (χ4n) is 1.85. The third-order valence-corrected chi connectivity index (χ3v) is 4.82. The van der Waals surface area contributed by atoms with Gasteiger partial charge in [0.2, 0.25) is 0 Å². The molecule has 2 nitrogen and oxygen atoms in total. The van der Waals surface area contributed by atoms with Crippen LogP contribution in [-0.2, 0) is 0 Å². The zero-order valence-electron chi connectivity index (χ0n) is 10.4. The normalized spacial score (nSPS) is 23.0. The van der Waals surface area contributed by atoms with Crippen LogP contribution in [0.15, 0.2) is 28.2 Å². The van der Waals surface area contributed by atoms with Gasteiger partial charge in [-0.3, -0.25) is 4.99 Å². The Hall–Kier alpha value is -0.350. The minimum atomic E-state index is 0.984. The Morgan fingerprint density at radius 3 is 3.06 bits per heavy atom. The number of rotatable bonds is 5. The summed E-state index contributed by atoms with van der Waals surface area (Å²) in [5, 5.41) is 2.61. The first-order chi connectivity index (χ1) is 8.40. The van der Waals surface area contributed by atoms with Crippen molar-refractivity contribution in [2.24, 2.45) is 4.99 Å². The molecular formula is C13H20N2S2. The van der Waals surface area contributed by atoms with E-state index in [0.29, 0.717) is 0 Å². The summed E-state index contributed by atoms with van der Waals surface area (Å²) < 4.78 is 0. The van der Waals surface area contributed by atoms with Crippen molar-refractivity contribution in [1.29, 1.82) is 0 Å². The summed E-state index contributed by atoms with van der Waals surface area (Å²) in [6.45, 7) is 5.65. The van der Waals surface area contributed by atoms with Crippen molar-refractivity contribution in [2.45, 2.75) is 19.8 Å². The average Bonchev–Trinajstić information content (AvgIpc) is 2.98. The van der Waals surface area contributed by atoms with Crippen LogP contribution in [0.5, 0.6) is 0 Å². The van der Waals surface area contributed by atoms with Gasteiger partial charge in [-0.15, -0.1) is 23.5 Å². The fourth-order valence-corrected chi connectivity index (χ4v) is 3.66. The molecule has 2 aliphatic rings. The van der Waals surface area contributed by atoms with E-state index in [4.69, 9.17) is 0 Å². The maximum atomic E-state index is 4.41. The third-order valence-electron chi connectivity index (χ3n) is 2.79. The molecular weight excluding hydrogens is 248 g/mol. The Morgan fingerprint density at radius 1 is 1.35 bits per heavy atom. The van der Waals surface area contributed by atoms with Crippen molar-refractivity contribution in [3.8, 4) is 0 Å². The minimum absolute atomic E-state index is 0.984. The van der Waals surface area contributed by atoms with Gasteiger partial charge in [0.1, 0.15) is 0 Å². The molecule has 0 aliphatic carbocycles. The van der Waals surface area contributed by atoms with E-state index in [2.05, 4.69) is 35.0 Å². The van der Waals surface area contributed by atoms with E-state index in [1.807, 2.05) is 23.5 Å². The highest BCUT2D eigenvalue weighted by Gasteiger charge is 2.15. The molecule has 0 atom stereocenters. The standard InChI is InChI=1S/C13H20N2S2/c1-2-3-8-15-9-11-17-13(15)6-4-5-12-14-7-10-16-12/h4-6H,2-3,7-11H2,1H3/b5-4+,13-6-. The van der Waals surface area contributed by atoms with Gasteiger partial charge in [-0.25, -0.2) is 0 Å². The molecule has 2 rings (SSSR count). The molecule has 0 spiro atoms. The second kappa shape index (κ2) is 7.17. The average molecular weight is 268 g/mol. The molecule has 94 valence electrons. The van der Waals surface area contributed by atoms with Crippen molar-refractivity contribution in [2.75, 3.05) is 31.1 Å². The molecule has 0 bridgehead atoms. The highest BCUT2D eigenvalue weighted by Crippen LogP contribution is 2.27. The van der Waals surface area contributed by atoms with Crippen LogP contribution in [-0.4, -0.2) is 41.1 Å². The Balaban J connectivity index is 1.86. The highest BCUT2D eigenvalue weighted by atomic mass is 32.2. The lowest BCUT2D eigenvalue weighted by Crippen LogP contribution is -2.19. The molecule has 0 unspecified atom stereocenters. The van der Waals surface area contributed by atoms with E-state index in [-0.39, 0.29) is 0 Å². The lowest BCUT2D eigenvalue weighted by atomic mass is 10.3. The van der Waals surface area contributed by atoms with E-state index in [0.717, 1.165) is 12.3 Å². The summed E-state index contributed by atoms with van der Waals surface area (Å²) >= 11 is 3.83. The lowest BCUT2D eigenvalue weighted by Gasteiger charge is -2.17. The molecule has 1 saturated heterocycles. The first-order valence-corrected chi connectivity index (χ1v) is 8.30. The zero-order valence-corrected chi connectivity index (χ0v) is 12.0. The smallest absolute Gasteiger partial charge is 0.0905 e. The van der Waals surface area contributed by atoms with E-state index < -0.39 is 0 Å². The van der Waals surface area contributed by atoms with Gasteiger partial charge in [0, 0.05) is 31.1 Å². The third kappa shape index (κ3) is 4.11. The minimum Gasteiger partial charge on any atom is -0.366 e. The number of nitrogens with zero attached hydrogens (tertiary/aromatic N) is 2. The van der Waals surface area contributed by atoms with Crippen LogP contribution in [0.3, 0.4) is 0 Å². The molecule has 0 saturated carbocycles. The molecule has 17 heavy (non-hydrogen) atoms. The van der Waals surface area contributed by atoms with E-state index in [1.54, 1.807) is 0 Å². The van der Waals surface area contributed by atoms with Crippen LogP contribution in [0.2, 0.25) is 0 Å². The summed E-state index contributed by atoms with van der Waals surface area (Å²) in [7, 11) is 0. The van der Waals surface area contributed by atoms with Crippen LogP contribution >= 0.6 is 23.5 Å². The van der Waals surface area contributed by atoms with Gasteiger partial charge in [0.25, 0.3) is 0 Å². The fraction of sp³-hybridized carbons (Fsp3) is 0.615. The van der Waals surface area contributed by atoms with Gasteiger partial charge >= 0.3 is 0 Å². The quantitative estimate of drug-likeness (QED) is 0.760. The topological polar surface area (TPSA) is 15.6 Å². The number of hydrogen-bond acceptors (Lipinski definition) is 4. The number of unbranched alkanes of at least 4 members (excludes halogenated alkanes) is 1. The van der Waals surface area contributed by atoms with E-state index >= 15 is 0 Å². The molecule has 2 heterocycles. The van der Waals surface area contributed by atoms with Crippen molar-refractivity contribution < 1.29 is 0 Å². The van der Waals surface area contributed by atoms with Gasteiger partial charge in [-0.2, -0.15) is 0 Å². The molecule has 0 aromatic rings. The maximum Gasteiger partial charge on any atom is 0.0905 e. The summed E-state index contributed by atoms with van der Waals surface area (Å²) in [6.07, 6.45) is 9.11. The highest BCUT2D eigenvalue weighted by molar-refractivity contribution is 8.14. The molecule has 0 aromatic carbocycles. The first-order valence-electron chi connectivity index (χ1n) is 6.33. The van der Waals surface area contributed by atoms with E-state index in [9.17, 15) is 0 Å². The number of thioether (sulfide) groups is 2. The number of hydrogen-bond donors (Lipinski definition) is 0. The van der Waals surface area contributed by atoms with Crippen molar-refractivity contribution in [1.82, 2.24) is 4.90 Å². The number of allylic oxidation sites excluding steroid dienone is 2. The molecule has 0 amide bonds. The maximum absolute atomic E-state index is 4.41. The summed E-state index contributed by atoms with van der Waals surface area (Å²) in [6, 6.07) is 0. The van der Waals surface area contributed by atoms with Crippen LogP contribution in [0.25, 0.3) is 0 Å². The Labute approximate surface area is 113 Å². The molecule has 0 aromatic heterocycles. The predicted molar refractivity (Wildman–Crippen MR) is 80.9 cm³/mol. The van der Waals surface area contributed by atoms with Crippen molar-refractivity contribution >= 4 is 28.6 Å².